The molecule has 1 heterocycles. The zero-order valence-corrected chi connectivity index (χ0v) is 15.3. The molecule has 0 saturated carbocycles. The quantitative estimate of drug-likeness (QED) is 0.861. The lowest BCUT2D eigenvalue weighted by Gasteiger charge is -2.20. The largest absolute Gasteiger partial charge is 0.376 e. The van der Waals surface area contributed by atoms with Crippen LogP contribution in [0, 0.1) is 0 Å². The van der Waals surface area contributed by atoms with Crippen LogP contribution in [0.1, 0.15) is 24.2 Å². The van der Waals surface area contributed by atoms with Gasteiger partial charge in [-0.1, -0.05) is 11.6 Å². The van der Waals surface area contributed by atoms with Crippen LogP contribution in [0.2, 0.25) is 5.02 Å². The highest BCUT2D eigenvalue weighted by atomic mass is 35.5. The Morgan fingerprint density at radius 1 is 1.17 bits per heavy atom. The van der Waals surface area contributed by atoms with E-state index in [1.165, 1.54) is 0 Å². The number of carbonyl (C=O) groups excluding carboxylic acids is 1. The van der Waals surface area contributed by atoms with Gasteiger partial charge in [0.05, 0.1) is 16.9 Å². The van der Waals surface area contributed by atoms with Gasteiger partial charge in [0.15, 0.2) is 0 Å². The van der Waals surface area contributed by atoms with Crippen LogP contribution in [0.25, 0.3) is 0 Å². The van der Waals surface area contributed by atoms with E-state index in [1.54, 1.807) is 24.4 Å². The number of hydrogen-bond donors (Lipinski definition) is 1. The Hall–Kier alpha value is -2.27. The van der Waals surface area contributed by atoms with Gasteiger partial charge in [-0.25, -0.2) is 4.98 Å². The van der Waals surface area contributed by atoms with Crippen molar-refractivity contribution in [2.45, 2.75) is 13.8 Å². The molecule has 2 aromatic rings. The van der Waals surface area contributed by atoms with Crippen molar-refractivity contribution in [3.8, 4) is 0 Å². The molecule has 1 aromatic carbocycles. The van der Waals surface area contributed by atoms with Crippen LogP contribution in [0.15, 0.2) is 36.5 Å². The predicted octanol–water partition coefficient (Wildman–Crippen LogP) is 3.90. The van der Waals surface area contributed by atoms with Crippen LogP contribution in [0.5, 0.6) is 0 Å². The second-order valence-corrected chi connectivity index (χ2v) is 6.02. The zero-order chi connectivity index (χ0) is 17.7. The third-order valence-electron chi connectivity index (χ3n) is 3.79. The Bertz CT molecular complexity index is 697. The fraction of sp³-hybridized carbons (Fsp3) is 0.333. The maximum atomic E-state index is 12.5. The molecular formula is C18H23ClN4O. The molecule has 0 aliphatic heterocycles. The first-order valence-electron chi connectivity index (χ1n) is 7.95. The summed E-state index contributed by atoms with van der Waals surface area (Å²) in [4.78, 5) is 20.9. The number of anilines is 3. The minimum atomic E-state index is -0.209. The summed E-state index contributed by atoms with van der Waals surface area (Å²) < 4.78 is 0. The van der Waals surface area contributed by atoms with Crippen LogP contribution in [0.4, 0.5) is 17.2 Å². The number of amides is 1. The normalized spacial score (nSPS) is 10.4. The Morgan fingerprint density at radius 2 is 1.88 bits per heavy atom. The zero-order valence-electron chi connectivity index (χ0n) is 14.5. The van der Waals surface area contributed by atoms with Crippen LogP contribution in [0.3, 0.4) is 0 Å². The lowest BCUT2D eigenvalue weighted by molar-refractivity contribution is 0.102. The van der Waals surface area contributed by atoms with Crippen LogP contribution >= 0.6 is 11.6 Å². The molecule has 1 N–H and O–H groups in total. The molecule has 24 heavy (non-hydrogen) atoms. The second-order valence-electron chi connectivity index (χ2n) is 5.59. The number of hydrogen-bond acceptors (Lipinski definition) is 4. The Morgan fingerprint density at radius 3 is 2.42 bits per heavy atom. The van der Waals surface area contributed by atoms with Crippen molar-refractivity contribution in [2.75, 3.05) is 42.3 Å². The van der Waals surface area contributed by atoms with Gasteiger partial charge < -0.3 is 15.1 Å². The predicted molar refractivity (Wildman–Crippen MR) is 102 cm³/mol. The molecular weight excluding hydrogens is 324 g/mol. The molecule has 0 saturated heterocycles. The SMILES string of the molecule is CCN(CC)c1ccc(C(=O)Nc2cc(Cl)ccc2N(C)C)cn1. The number of pyridine rings is 1. The molecule has 0 fully saturated rings. The highest BCUT2D eigenvalue weighted by molar-refractivity contribution is 6.31. The third-order valence-corrected chi connectivity index (χ3v) is 4.02. The monoisotopic (exact) mass is 346 g/mol. The van der Waals surface area contributed by atoms with Crippen molar-refractivity contribution in [1.29, 1.82) is 0 Å². The van der Waals surface area contributed by atoms with Gasteiger partial charge in [0.2, 0.25) is 0 Å². The number of benzene rings is 1. The van der Waals surface area contributed by atoms with E-state index < -0.39 is 0 Å². The topological polar surface area (TPSA) is 48.5 Å². The fourth-order valence-corrected chi connectivity index (χ4v) is 2.62. The minimum Gasteiger partial charge on any atom is -0.376 e. The van der Waals surface area contributed by atoms with Gasteiger partial charge >= 0.3 is 0 Å². The van der Waals surface area contributed by atoms with Gasteiger partial charge in [-0.15, -0.1) is 0 Å². The van der Waals surface area contributed by atoms with E-state index in [-0.39, 0.29) is 5.91 Å². The van der Waals surface area contributed by atoms with Gasteiger partial charge in [-0.2, -0.15) is 0 Å². The van der Waals surface area contributed by atoms with E-state index in [0.717, 1.165) is 24.6 Å². The molecule has 0 atom stereocenters. The molecule has 6 heteroatoms. The lowest BCUT2D eigenvalue weighted by atomic mass is 10.2. The summed E-state index contributed by atoms with van der Waals surface area (Å²) in [6.07, 6.45) is 1.60. The molecule has 0 bridgehead atoms. The van der Waals surface area contributed by atoms with E-state index >= 15 is 0 Å². The molecule has 128 valence electrons. The van der Waals surface area contributed by atoms with Crippen molar-refractivity contribution >= 4 is 34.7 Å². The molecule has 0 aliphatic carbocycles. The molecule has 5 nitrogen and oxygen atoms in total. The van der Waals surface area contributed by atoms with Crippen LogP contribution in [-0.4, -0.2) is 38.1 Å². The first kappa shape index (κ1) is 18.1. The summed E-state index contributed by atoms with van der Waals surface area (Å²) in [6.45, 7) is 5.91. The van der Waals surface area contributed by atoms with Crippen molar-refractivity contribution in [2.24, 2.45) is 0 Å². The van der Waals surface area contributed by atoms with Crippen molar-refractivity contribution in [3.63, 3.8) is 0 Å². The summed E-state index contributed by atoms with van der Waals surface area (Å²) in [5.41, 5.74) is 2.07. The van der Waals surface area contributed by atoms with Gasteiger partial charge in [-0.3, -0.25) is 4.79 Å². The Kier molecular flexibility index (Phi) is 6.04. The molecule has 0 spiro atoms. The average Bonchev–Trinajstić information content (AvgIpc) is 2.56. The second kappa shape index (κ2) is 8.02. The molecule has 1 aromatic heterocycles. The van der Waals surface area contributed by atoms with Crippen LogP contribution < -0.4 is 15.1 Å². The molecule has 0 radical (unpaired) electrons. The molecule has 1 amide bonds. The highest BCUT2D eigenvalue weighted by Gasteiger charge is 2.12. The summed E-state index contributed by atoms with van der Waals surface area (Å²) in [7, 11) is 3.83. The van der Waals surface area contributed by atoms with E-state index in [0.29, 0.717) is 16.3 Å². The number of nitrogens with zero attached hydrogens (tertiary/aromatic N) is 3. The first-order valence-corrected chi connectivity index (χ1v) is 8.33. The van der Waals surface area contributed by atoms with E-state index in [4.69, 9.17) is 11.6 Å². The summed E-state index contributed by atoms with van der Waals surface area (Å²) in [6, 6.07) is 9.07. The smallest absolute Gasteiger partial charge is 0.257 e. The van der Waals surface area contributed by atoms with E-state index in [1.807, 2.05) is 31.1 Å². The van der Waals surface area contributed by atoms with E-state index in [9.17, 15) is 4.79 Å². The fourth-order valence-electron chi connectivity index (χ4n) is 2.45. The molecule has 0 aliphatic rings. The summed E-state index contributed by atoms with van der Waals surface area (Å²) in [5.74, 6) is 0.659. The van der Waals surface area contributed by atoms with Gasteiger partial charge in [0, 0.05) is 38.4 Å². The maximum absolute atomic E-state index is 12.5. The maximum Gasteiger partial charge on any atom is 0.257 e. The Labute approximate surface area is 148 Å². The Balaban J connectivity index is 2.20. The standard InChI is InChI=1S/C18H23ClN4O/c1-5-23(6-2)17-10-7-13(12-20-17)18(24)21-15-11-14(19)8-9-16(15)22(3)4/h7-12H,5-6H2,1-4H3,(H,21,24). The summed E-state index contributed by atoms with van der Waals surface area (Å²) >= 11 is 6.05. The molecule has 2 rings (SSSR count). The van der Waals surface area contributed by atoms with Gasteiger partial charge in [0.1, 0.15) is 5.82 Å². The summed E-state index contributed by atoms with van der Waals surface area (Å²) in [5, 5.41) is 3.48. The number of halogens is 1. The molecule has 0 unspecified atom stereocenters. The third kappa shape index (κ3) is 4.17. The van der Waals surface area contributed by atoms with Crippen molar-refractivity contribution in [1.82, 2.24) is 4.98 Å². The van der Waals surface area contributed by atoms with E-state index in [2.05, 4.69) is 29.0 Å². The minimum absolute atomic E-state index is 0.209. The van der Waals surface area contributed by atoms with Crippen LogP contribution in [-0.2, 0) is 0 Å². The first-order chi connectivity index (χ1) is 11.5. The number of rotatable bonds is 6. The van der Waals surface area contributed by atoms with Crippen molar-refractivity contribution < 1.29 is 4.79 Å². The van der Waals surface area contributed by atoms with Gasteiger partial charge in [-0.05, 0) is 44.2 Å². The lowest BCUT2D eigenvalue weighted by Crippen LogP contribution is -2.23. The number of carbonyl (C=O) groups is 1. The highest BCUT2D eigenvalue weighted by Crippen LogP contribution is 2.28. The number of aromatic nitrogens is 1. The average molecular weight is 347 g/mol. The van der Waals surface area contributed by atoms with Crippen molar-refractivity contribution in [3.05, 3.63) is 47.1 Å². The number of nitrogens with one attached hydrogen (secondary N) is 1. The van der Waals surface area contributed by atoms with Gasteiger partial charge in [0.25, 0.3) is 5.91 Å².